The van der Waals surface area contributed by atoms with E-state index in [0.29, 0.717) is 11.8 Å². The van der Waals surface area contributed by atoms with E-state index in [9.17, 15) is 18.7 Å². The fourth-order valence-corrected chi connectivity index (χ4v) is 1.75. The number of aldehydes is 1. The summed E-state index contributed by atoms with van der Waals surface area (Å²) < 4.78 is 31.4. The van der Waals surface area contributed by atoms with Crippen LogP contribution in [0.2, 0.25) is 0 Å². The van der Waals surface area contributed by atoms with Crippen LogP contribution in [0.1, 0.15) is 10.4 Å². The summed E-state index contributed by atoms with van der Waals surface area (Å²) in [6.07, 6.45) is 0.433. The number of hydrogen-bond donors (Lipinski definition) is 1. The molecule has 2 aromatic carbocycles. The Morgan fingerprint density at radius 3 is 2.53 bits per heavy atom. The van der Waals surface area contributed by atoms with Crippen LogP contribution in [0.5, 0.6) is 11.5 Å². The van der Waals surface area contributed by atoms with Crippen molar-refractivity contribution in [1.82, 2.24) is 0 Å². The molecule has 98 valence electrons. The van der Waals surface area contributed by atoms with Gasteiger partial charge in [-0.3, -0.25) is 4.79 Å². The highest BCUT2D eigenvalue weighted by molar-refractivity contribution is 5.85. The monoisotopic (exact) mass is 264 g/mol. The zero-order chi connectivity index (χ0) is 14.0. The molecule has 0 aliphatic rings. The molecule has 0 fully saturated rings. The second kappa shape index (κ2) is 5.06. The van der Waals surface area contributed by atoms with Crippen LogP contribution < -0.4 is 4.74 Å². The molecule has 0 saturated heterocycles. The van der Waals surface area contributed by atoms with Crippen molar-refractivity contribution >= 4 is 6.29 Å². The van der Waals surface area contributed by atoms with Crippen LogP contribution in [0, 0.1) is 11.6 Å². The highest BCUT2D eigenvalue weighted by Crippen LogP contribution is 2.35. The van der Waals surface area contributed by atoms with Gasteiger partial charge in [0.05, 0.1) is 12.7 Å². The average molecular weight is 264 g/mol. The van der Waals surface area contributed by atoms with Gasteiger partial charge in [0.25, 0.3) is 0 Å². The first kappa shape index (κ1) is 13.0. The Labute approximate surface area is 108 Å². The van der Waals surface area contributed by atoms with E-state index >= 15 is 0 Å². The summed E-state index contributed by atoms with van der Waals surface area (Å²) in [6, 6.07) is 5.79. The maximum absolute atomic E-state index is 13.7. The lowest BCUT2D eigenvalue weighted by molar-refractivity contribution is 0.112. The van der Waals surface area contributed by atoms with Crippen molar-refractivity contribution in [2.24, 2.45) is 0 Å². The summed E-state index contributed by atoms with van der Waals surface area (Å²) in [6.45, 7) is 0. The molecule has 0 atom stereocenters. The number of rotatable bonds is 3. The van der Waals surface area contributed by atoms with E-state index in [4.69, 9.17) is 4.74 Å². The molecule has 0 aliphatic heterocycles. The van der Waals surface area contributed by atoms with E-state index < -0.39 is 11.6 Å². The summed E-state index contributed by atoms with van der Waals surface area (Å²) in [7, 11) is 1.31. The van der Waals surface area contributed by atoms with Crippen molar-refractivity contribution < 1.29 is 23.4 Å². The maximum Gasteiger partial charge on any atom is 0.168 e. The number of methoxy groups -OCH3 is 1. The lowest BCUT2D eigenvalue weighted by atomic mass is 10.0. The first-order valence-electron chi connectivity index (χ1n) is 5.38. The van der Waals surface area contributed by atoms with Gasteiger partial charge in [-0.05, 0) is 29.8 Å². The van der Waals surface area contributed by atoms with Crippen molar-refractivity contribution in [3.05, 3.63) is 47.5 Å². The molecule has 3 nitrogen and oxygen atoms in total. The molecule has 0 aliphatic carbocycles. The van der Waals surface area contributed by atoms with Crippen LogP contribution in [-0.4, -0.2) is 18.5 Å². The quantitative estimate of drug-likeness (QED) is 0.866. The zero-order valence-electron chi connectivity index (χ0n) is 9.98. The first-order chi connectivity index (χ1) is 9.06. The summed E-state index contributed by atoms with van der Waals surface area (Å²) in [5.74, 6) is -1.72. The predicted octanol–water partition coefficient (Wildman–Crippen LogP) is 3.16. The third-order valence-electron chi connectivity index (χ3n) is 2.69. The molecule has 2 rings (SSSR count). The van der Waals surface area contributed by atoms with Gasteiger partial charge >= 0.3 is 0 Å². The molecule has 0 aromatic heterocycles. The topological polar surface area (TPSA) is 46.5 Å². The predicted molar refractivity (Wildman–Crippen MR) is 65.4 cm³/mol. The highest BCUT2D eigenvalue weighted by atomic mass is 19.1. The summed E-state index contributed by atoms with van der Waals surface area (Å²) in [5, 5.41) is 9.66. The number of halogens is 2. The molecular weight excluding hydrogens is 254 g/mol. The van der Waals surface area contributed by atoms with Crippen molar-refractivity contribution in [2.45, 2.75) is 0 Å². The standard InChI is InChI=1S/C14H10F2O3/c1-19-13-5-8(4-9(7-17)14(13)18)11-3-2-10(15)6-12(11)16/h2-7,18H,1H3. The Hall–Kier alpha value is -2.43. The van der Waals surface area contributed by atoms with Crippen LogP contribution >= 0.6 is 0 Å². The third-order valence-corrected chi connectivity index (χ3v) is 2.69. The lowest BCUT2D eigenvalue weighted by Gasteiger charge is -2.10. The highest BCUT2D eigenvalue weighted by Gasteiger charge is 2.13. The fraction of sp³-hybridized carbons (Fsp3) is 0.0714. The second-order valence-corrected chi connectivity index (χ2v) is 3.86. The van der Waals surface area contributed by atoms with E-state index in [0.717, 1.165) is 12.1 Å². The average Bonchev–Trinajstić information content (AvgIpc) is 2.39. The van der Waals surface area contributed by atoms with Gasteiger partial charge in [-0.2, -0.15) is 0 Å². The lowest BCUT2D eigenvalue weighted by Crippen LogP contribution is -1.92. The molecule has 0 amide bonds. The van der Waals surface area contributed by atoms with Gasteiger partial charge in [-0.15, -0.1) is 0 Å². The molecular formula is C14H10F2O3. The Bertz CT molecular complexity index is 639. The molecule has 0 saturated carbocycles. The molecule has 0 spiro atoms. The van der Waals surface area contributed by atoms with Crippen molar-refractivity contribution in [2.75, 3.05) is 7.11 Å². The van der Waals surface area contributed by atoms with E-state index in [1.54, 1.807) is 0 Å². The molecule has 0 bridgehead atoms. The maximum atomic E-state index is 13.7. The van der Waals surface area contributed by atoms with Crippen molar-refractivity contribution in [1.29, 1.82) is 0 Å². The van der Waals surface area contributed by atoms with Crippen LogP contribution in [0.25, 0.3) is 11.1 Å². The Morgan fingerprint density at radius 2 is 1.95 bits per heavy atom. The van der Waals surface area contributed by atoms with E-state index in [-0.39, 0.29) is 22.6 Å². The largest absolute Gasteiger partial charge is 0.504 e. The molecule has 0 unspecified atom stereocenters. The first-order valence-corrected chi connectivity index (χ1v) is 5.38. The second-order valence-electron chi connectivity index (χ2n) is 3.86. The molecule has 0 heterocycles. The van der Waals surface area contributed by atoms with Crippen LogP contribution in [-0.2, 0) is 0 Å². The van der Waals surface area contributed by atoms with Gasteiger partial charge in [-0.1, -0.05) is 0 Å². The molecule has 5 heteroatoms. The Morgan fingerprint density at radius 1 is 1.21 bits per heavy atom. The number of aromatic hydroxyl groups is 1. The SMILES string of the molecule is COc1cc(-c2ccc(F)cc2F)cc(C=O)c1O. The van der Waals surface area contributed by atoms with Crippen LogP contribution in [0.4, 0.5) is 8.78 Å². The molecule has 2 aromatic rings. The summed E-state index contributed by atoms with van der Waals surface area (Å²) in [5.41, 5.74) is 0.398. The van der Waals surface area contributed by atoms with E-state index in [1.807, 2.05) is 0 Å². The summed E-state index contributed by atoms with van der Waals surface area (Å²) in [4.78, 5) is 10.8. The number of hydrogen-bond acceptors (Lipinski definition) is 3. The Kier molecular flexibility index (Phi) is 3.46. The number of carbonyl (C=O) groups excluding carboxylic acids is 1. The number of benzene rings is 2. The molecule has 1 N–H and O–H groups in total. The summed E-state index contributed by atoms with van der Waals surface area (Å²) >= 11 is 0. The fourth-order valence-electron chi connectivity index (χ4n) is 1.75. The number of phenols is 1. The third kappa shape index (κ3) is 2.40. The van der Waals surface area contributed by atoms with E-state index in [1.165, 1.54) is 25.3 Å². The Balaban J connectivity index is 2.65. The zero-order valence-corrected chi connectivity index (χ0v) is 9.98. The van der Waals surface area contributed by atoms with Gasteiger partial charge in [0.2, 0.25) is 0 Å². The minimum absolute atomic E-state index is 0.0296. The van der Waals surface area contributed by atoms with Gasteiger partial charge in [0, 0.05) is 11.6 Å². The number of phenolic OH excluding ortho intramolecular Hbond substituents is 1. The molecule has 19 heavy (non-hydrogen) atoms. The van der Waals surface area contributed by atoms with Gasteiger partial charge in [0.15, 0.2) is 17.8 Å². The van der Waals surface area contributed by atoms with Crippen LogP contribution in [0.3, 0.4) is 0 Å². The van der Waals surface area contributed by atoms with Gasteiger partial charge < -0.3 is 9.84 Å². The molecule has 0 radical (unpaired) electrons. The normalized spacial score (nSPS) is 10.3. The minimum atomic E-state index is -0.760. The van der Waals surface area contributed by atoms with E-state index in [2.05, 4.69) is 0 Å². The smallest absolute Gasteiger partial charge is 0.168 e. The van der Waals surface area contributed by atoms with Gasteiger partial charge in [-0.25, -0.2) is 8.78 Å². The van der Waals surface area contributed by atoms with Crippen molar-refractivity contribution in [3.63, 3.8) is 0 Å². The van der Waals surface area contributed by atoms with Gasteiger partial charge in [0.1, 0.15) is 11.6 Å². The van der Waals surface area contributed by atoms with Crippen LogP contribution in [0.15, 0.2) is 30.3 Å². The number of ether oxygens (including phenoxy) is 1. The number of carbonyl (C=O) groups is 1. The van der Waals surface area contributed by atoms with Crippen molar-refractivity contribution in [3.8, 4) is 22.6 Å². The minimum Gasteiger partial charge on any atom is -0.504 e.